The number of thiazole rings is 1. The van der Waals surface area contributed by atoms with Crippen molar-refractivity contribution >= 4 is 33.5 Å². The van der Waals surface area contributed by atoms with Crippen LogP contribution in [0.4, 0.5) is 5.13 Å². The van der Waals surface area contributed by atoms with Crippen LogP contribution in [0, 0.1) is 0 Å². The van der Waals surface area contributed by atoms with Gasteiger partial charge in [0.2, 0.25) is 0 Å². The van der Waals surface area contributed by atoms with E-state index in [1.54, 1.807) is 16.0 Å². The third-order valence-electron chi connectivity index (χ3n) is 3.55. The number of nitrogens with one attached hydrogen (secondary N) is 2. The highest BCUT2D eigenvalue weighted by atomic mass is 32.1. The van der Waals surface area contributed by atoms with E-state index in [4.69, 9.17) is 4.74 Å². The number of fused-ring (bicyclic) bond motifs is 1. The lowest BCUT2D eigenvalue weighted by molar-refractivity contribution is 0.0490. The molecule has 8 heteroatoms. The Morgan fingerprint density at radius 2 is 2.28 bits per heavy atom. The molecule has 0 saturated heterocycles. The van der Waals surface area contributed by atoms with E-state index < -0.39 is 5.97 Å². The first-order valence-corrected chi connectivity index (χ1v) is 8.72. The van der Waals surface area contributed by atoms with Gasteiger partial charge in [-0.05, 0) is 18.6 Å². The number of carbonyl (C=O) groups excluding carboxylic acids is 1. The fourth-order valence-electron chi connectivity index (χ4n) is 2.40. The molecule has 2 heterocycles. The van der Waals surface area contributed by atoms with Crippen LogP contribution in [0.2, 0.25) is 0 Å². The molecular weight excluding hydrogens is 340 g/mol. The van der Waals surface area contributed by atoms with Crippen molar-refractivity contribution in [3.63, 3.8) is 0 Å². The number of hydrogen-bond donors (Lipinski definition) is 2. The van der Waals surface area contributed by atoms with E-state index in [0.29, 0.717) is 24.6 Å². The molecule has 2 N–H and O–H groups in total. The molecule has 0 unspecified atom stereocenters. The standard InChI is InChI=1S/C17H18N4O3S/c1-2-8-18-16-19-13(11-25-16)15(22)24-10-5-9-21-14-7-4-3-6-12(14)20-17(21)23/h2-4,6-7,11H,1,5,8-10H2,(H,18,19)(H,20,23). The number of hydrogen-bond acceptors (Lipinski definition) is 6. The van der Waals surface area contributed by atoms with Crippen LogP contribution in [0.5, 0.6) is 0 Å². The van der Waals surface area contributed by atoms with Crippen molar-refractivity contribution in [2.75, 3.05) is 18.5 Å². The Morgan fingerprint density at radius 1 is 1.44 bits per heavy atom. The lowest BCUT2D eigenvalue weighted by Crippen LogP contribution is -2.18. The fraction of sp³-hybridized carbons (Fsp3) is 0.235. The molecule has 0 atom stereocenters. The molecule has 0 saturated carbocycles. The second kappa shape index (κ2) is 7.80. The summed E-state index contributed by atoms with van der Waals surface area (Å²) in [5.41, 5.74) is 1.76. The van der Waals surface area contributed by atoms with Gasteiger partial charge in [0.1, 0.15) is 0 Å². The zero-order chi connectivity index (χ0) is 17.6. The van der Waals surface area contributed by atoms with Gasteiger partial charge in [0.15, 0.2) is 10.8 Å². The van der Waals surface area contributed by atoms with Gasteiger partial charge in [0.05, 0.1) is 17.6 Å². The first-order chi connectivity index (χ1) is 12.2. The van der Waals surface area contributed by atoms with Crippen LogP contribution in [0.3, 0.4) is 0 Å². The van der Waals surface area contributed by atoms with Gasteiger partial charge in [-0.15, -0.1) is 17.9 Å². The minimum Gasteiger partial charge on any atom is -0.461 e. The van der Waals surface area contributed by atoms with E-state index in [2.05, 4.69) is 21.9 Å². The molecule has 0 fully saturated rings. The average Bonchev–Trinajstić information content (AvgIpc) is 3.21. The van der Waals surface area contributed by atoms with Gasteiger partial charge in [-0.2, -0.15) is 0 Å². The molecule has 7 nitrogen and oxygen atoms in total. The number of ether oxygens (including phenoxy) is 1. The maximum Gasteiger partial charge on any atom is 0.357 e. The zero-order valence-electron chi connectivity index (χ0n) is 13.5. The molecule has 0 aliphatic rings. The van der Waals surface area contributed by atoms with E-state index in [-0.39, 0.29) is 18.0 Å². The number of aromatic amines is 1. The molecule has 2 aromatic heterocycles. The quantitative estimate of drug-likeness (QED) is 0.367. The van der Waals surface area contributed by atoms with Crippen molar-refractivity contribution in [3.8, 4) is 0 Å². The normalized spacial score (nSPS) is 10.7. The van der Waals surface area contributed by atoms with Crippen molar-refractivity contribution in [3.05, 3.63) is 58.5 Å². The third-order valence-corrected chi connectivity index (χ3v) is 4.35. The Balaban J connectivity index is 1.51. The van der Waals surface area contributed by atoms with Crippen LogP contribution < -0.4 is 11.0 Å². The second-order valence-corrected chi connectivity index (χ2v) is 6.15. The number of H-pyrrole nitrogens is 1. The predicted octanol–water partition coefficient (Wildman–Crippen LogP) is 2.63. The number of anilines is 1. The number of carbonyl (C=O) groups is 1. The van der Waals surface area contributed by atoms with Crippen LogP contribution >= 0.6 is 11.3 Å². The number of esters is 1. The Bertz CT molecular complexity index is 941. The highest BCUT2D eigenvalue weighted by molar-refractivity contribution is 7.13. The van der Waals surface area contributed by atoms with Crippen LogP contribution in [0.15, 0.2) is 47.1 Å². The van der Waals surface area contributed by atoms with Crippen molar-refractivity contribution < 1.29 is 9.53 Å². The minimum absolute atomic E-state index is 0.162. The summed E-state index contributed by atoms with van der Waals surface area (Å²) in [6, 6.07) is 7.49. The number of aryl methyl sites for hydroxylation is 1. The van der Waals surface area contributed by atoms with E-state index in [9.17, 15) is 9.59 Å². The number of aromatic nitrogens is 3. The Labute approximate surface area is 148 Å². The summed E-state index contributed by atoms with van der Waals surface area (Å²) in [6.45, 7) is 4.89. The molecule has 0 bridgehead atoms. The molecule has 25 heavy (non-hydrogen) atoms. The predicted molar refractivity (Wildman–Crippen MR) is 98.3 cm³/mol. The van der Waals surface area contributed by atoms with Gasteiger partial charge in [-0.1, -0.05) is 18.2 Å². The second-order valence-electron chi connectivity index (χ2n) is 5.30. The Hall–Kier alpha value is -2.87. The fourth-order valence-corrected chi connectivity index (χ4v) is 3.09. The first-order valence-electron chi connectivity index (χ1n) is 7.84. The number of nitrogens with zero attached hydrogens (tertiary/aromatic N) is 2. The van der Waals surface area contributed by atoms with Crippen molar-refractivity contribution in [2.24, 2.45) is 0 Å². The summed E-state index contributed by atoms with van der Waals surface area (Å²) in [7, 11) is 0. The van der Waals surface area contributed by atoms with Crippen molar-refractivity contribution in [1.82, 2.24) is 14.5 Å². The van der Waals surface area contributed by atoms with E-state index in [0.717, 1.165) is 11.0 Å². The van der Waals surface area contributed by atoms with E-state index in [1.807, 2.05) is 24.3 Å². The lowest BCUT2D eigenvalue weighted by Gasteiger charge is -2.04. The highest BCUT2D eigenvalue weighted by Crippen LogP contribution is 2.16. The van der Waals surface area contributed by atoms with Gasteiger partial charge < -0.3 is 15.0 Å². The number of rotatable bonds is 8. The average molecular weight is 358 g/mol. The number of para-hydroxylation sites is 2. The number of benzene rings is 1. The monoisotopic (exact) mass is 358 g/mol. The smallest absolute Gasteiger partial charge is 0.357 e. The molecular formula is C17H18N4O3S. The third kappa shape index (κ3) is 3.97. The molecule has 0 amide bonds. The van der Waals surface area contributed by atoms with Crippen LogP contribution in [0.1, 0.15) is 16.9 Å². The summed E-state index contributed by atoms with van der Waals surface area (Å²) in [5.74, 6) is -0.464. The molecule has 0 aliphatic carbocycles. The maximum atomic E-state index is 12.0. The van der Waals surface area contributed by atoms with Gasteiger partial charge >= 0.3 is 11.7 Å². The van der Waals surface area contributed by atoms with Crippen LogP contribution in [0.25, 0.3) is 11.0 Å². The van der Waals surface area contributed by atoms with Gasteiger partial charge in [-0.3, -0.25) is 4.57 Å². The van der Waals surface area contributed by atoms with Gasteiger partial charge in [0.25, 0.3) is 0 Å². The van der Waals surface area contributed by atoms with Crippen LogP contribution in [-0.2, 0) is 11.3 Å². The SMILES string of the molecule is C=CCNc1nc(C(=O)OCCCn2c(=O)[nH]c3ccccc32)cs1. The summed E-state index contributed by atoms with van der Waals surface area (Å²) in [4.78, 5) is 30.9. The van der Waals surface area contributed by atoms with E-state index >= 15 is 0 Å². The molecule has 0 aliphatic heterocycles. The zero-order valence-corrected chi connectivity index (χ0v) is 14.3. The van der Waals surface area contributed by atoms with Gasteiger partial charge in [-0.25, -0.2) is 14.6 Å². The molecule has 1 aromatic carbocycles. The number of imidazole rings is 1. The maximum absolute atomic E-state index is 12.0. The Kier molecular flexibility index (Phi) is 5.30. The first kappa shape index (κ1) is 17.0. The van der Waals surface area contributed by atoms with Crippen LogP contribution in [-0.4, -0.2) is 33.7 Å². The van der Waals surface area contributed by atoms with E-state index in [1.165, 1.54) is 11.3 Å². The highest BCUT2D eigenvalue weighted by Gasteiger charge is 2.12. The molecule has 3 aromatic rings. The summed E-state index contributed by atoms with van der Waals surface area (Å²) in [6.07, 6.45) is 2.26. The molecule has 3 rings (SSSR count). The van der Waals surface area contributed by atoms with Crippen molar-refractivity contribution in [2.45, 2.75) is 13.0 Å². The summed E-state index contributed by atoms with van der Waals surface area (Å²) < 4.78 is 6.87. The minimum atomic E-state index is -0.464. The summed E-state index contributed by atoms with van der Waals surface area (Å²) >= 11 is 1.34. The topological polar surface area (TPSA) is 89.0 Å². The largest absolute Gasteiger partial charge is 0.461 e. The molecule has 130 valence electrons. The van der Waals surface area contributed by atoms with Gasteiger partial charge in [0, 0.05) is 18.5 Å². The molecule has 0 spiro atoms. The Morgan fingerprint density at radius 3 is 3.12 bits per heavy atom. The summed E-state index contributed by atoms with van der Waals surface area (Å²) in [5, 5.41) is 5.32. The molecule has 0 radical (unpaired) electrons. The van der Waals surface area contributed by atoms with Crippen molar-refractivity contribution in [1.29, 1.82) is 0 Å². The lowest BCUT2D eigenvalue weighted by atomic mass is 10.3.